The van der Waals surface area contributed by atoms with Crippen molar-refractivity contribution in [1.29, 1.82) is 0 Å². The Hall–Kier alpha value is -1.37. The summed E-state index contributed by atoms with van der Waals surface area (Å²) < 4.78 is 5.29. The van der Waals surface area contributed by atoms with Crippen LogP contribution in [0.1, 0.15) is 16.1 Å². The molecule has 2 rings (SSSR count). The normalized spacial score (nSPS) is 17.8. The van der Waals surface area contributed by atoms with Gasteiger partial charge in [0, 0.05) is 39.3 Å². The molecule has 112 valence electrons. The minimum atomic E-state index is -0.937. The van der Waals surface area contributed by atoms with Crippen molar-refractivity contribution >= 4 is 5.97 Å². The van der Waals surface area contributed by atoms with E-state index >= 15 is 0 Å². The standard InChI is InChI=1S/C14H23N3O3/c1-15(2)3-4-16-5-7-17(8-6-16)10-13-9-12(11-20-13)14(18)19/h9,11H,3-8,10H2,1-2H3,(H,18,19). The molecule has 2 heterocycles. The van der Waals surface area contributed by atoms with Gasteiger partial charge >= 0.3 is 5.97 Å². The molecule has 1 aromatic rings. The monoisotopic (exact) mass is 281 g/mol. The Kier molecular flexibility index (Phi) is 5.17. The van der Waals surface area contributed by atoms with Gasteiger partial charge in [0.25, 0.3) is 0 Å². The lowest BCUT2D eigenvalue weighted by Crippen LogP contribution is -2.47. The van der Waals surface area contributed by atoms with Crippen molar-refractivity contribution in [2.45, 2.75) is 6.54 Å². The molecule has 0 aliphatic carbocycles. The molecule has 0 atom stereocenters. The van der Waals surface area contributed by atoms with Gasteiger partial charge in [-0.3, -0.25) is 9.80 Å². The highest BCUT2D eigenvalue weighted by atomic mass is 16.4. The maximum atomic E-state index is 10.8. The molecule has 6 heteroatoms. The van der Waals surface area contributed by atoms with Crippen LogP contribution in [-0.2, 0) is 6.54 Å². The molecule has 1 aromatic heterocycles. The van der Waals surface area contributed by atoms with E-state index in [-0.39, 0.29) is 5.56 Å². The molecular formula is C14H23N3O3. The number of piperazine rings is 1. The first kappa shape index (κ1) is 15.0. The molecule has 0 saturated carbocycles. The molecule has 0 spiro atoms. The van der Waals surface area contributed by atoms with Crippen molar-refractivity contribution in [3.63, 3.8) is 0 Å². The van der Waals surface area contributed by atoms with Gasteiger partial charge in [-0.2, -0.15) is 0 Å². The van der Waals surface area contributed by atoms with E-state index in [1.807, 2.05) is 0 Å². The molecule has 1 N–H and O–H groups in total. The van der Waals surface area contributed by atoms with E-state index in [9.17, 15) is 4.79 Å². The first-order valence-corrected chi connectivity index (χ1v) is 6.95. The topological polar surface area (TPSA) is 60.2 Å². The van der Waals surface area contributed by atoms with Crippen LogP contribution >= 0.6 is 0 Å². The fourth-order valence-corrected chi connectivity index (χ4v) is 2.31. The third-order valence-corrected chi connectivity index (χ3v) is 3.61. The van der Waals surface area contributed by atoms with Gasteiger partial charge in [-0.05, 0) is 20.2 Å². The lowest BCUT2D eigenvalue weighted by Gasteiger charge is -2.34. The van der Waals surface area contributed by atoms with Gasteiger partial charge in [-0.1, -0.05) is 0 Å². The lowest BCUT2D eigenvalue weighted by molar-refractivity contribution is 0.0696. The second-order valence-electron chi connectivity index (χ2n) is 5.53. The predicted octanol–water partition coefficient (Wildman–Crippen LogP) is 0.657. The van der Waals surface area contributed by atoms with E-state index in [0.29, 0.717) is 6.54 Å². The number of carboxylic acids is 1. The molecule has 1 aliphatic heterocycles. The number of carbonyl (C=O) groups is 1. The summed E-state index contributed by atoms with van der Waals surface area (Å²) in [6.45, 7) is 6.98. The molecule has 0 unspecified atom stereocenters. The minimum Gasteiger partial charge on any atom is -0.478 e. The van der Waals surface area contributed by atoms with Gasteiger partial charge < -0.3 is 14.4 Å². The van der Waals surface area contributed by atoms with Crippen molar-refractivity contribution in [3.05, 3.63) is 23.7 Å². The van der Waals surface area contributed by atoms with Crippen LogP contribution < -0.4 is 0 Å². The van der Waals surface area contributed by atoms with E-state index in [1.165, 1.54) is 6.26 Å². The van der Waals surface area contributed by atoms with Crippen LogP contribution in [0.4, 0.5) is 0 Å². The Labute approximate surface area is 119 Å². The fraction of sp³-hybridized carbons (Fsp3) is 0.643. The number of likely N-dealkylation sites (N-methyl/N-ethyl adjacent to an activating group) is 1. The summed E-state index contributed by atoms with van der Waals surface area (Å²) in [6, 6.07) is 1.61. The molecule has 0 bridgehead atoms. The highest BCUT2D eigenvalue weighted by Crippen LogP contribution is 2.12. The largest absolute Gasteiger partial charge is 0.478 e. The SMILES string of the molecule is CN(C)CCN1CCN(Cc2cc(C(=O)O)co2)CC1. The molecule has 1 aliphatic rings. The van der Waals surface area contributed by atoms with Crippen molar-refractivity contribution in [2.75, 3.05) is 53.4 Å². The van der Waals surface area contributed by atoms with Crippen LogP contribution in [0, 0.1) is 0 Å². The summed E-state index contributed by atoms with van der Waals surface area (Å²) in [5.41, 5.74) is 0.226. The molecule has 20 heavy (non-hydrogen) atoms. The first-order chi connectivity index (χ1) is 9.54. The lowest BCUT2D eigenvalue weighted by atomic mass is 10.2. The van der Waals surface area contributed by atoms with Gasteiger partial charge in [0.1, 0.15) is 12.0 Å². The molecule has 0 amide bonds. The summed E-state index contributed by atoms with van der Waals surface area (Å²) in [4.78, 5) is 17.8. The van der Waals surface area contributed by atoms with Crippen molar-refractivity contribution in [2.24, 2.45) is 0 Å². The van der Waals surface area contributed by atoms with Crippen LogP contribution in [0.2, 0.25) is 0 Å². The predicted molar refractivity (Wildman–Crippen MR) is 75.9 cm³/mol. The summed E-state index contributed by atoms with van der Waals surface area (Å²) in [5.74, 6) is -0.211. The highest BCUT2D eigenvalue weighted by molar-refractivity contribution is 5.87. The van der Waals surface area contributed by atoms with Gasteiger partial charge in [0.05, 0.1) is 12.1 Å². The van der Waals surface area contributed by atoms with Gasteiger partial charge in [-0.25, -0.2) is 4.79 Å². The zero-order chi connectivity index (χ0) is 14.5. The minimum absolute atomic E-state index is 0.226. The van der Waals surface area contributed by atoms with E-state index < -0.39 is 5.97 Å². The van der Waals surface area contributed by atoms with Crippen molar-refractivity contribution in [3.8, 4) is 0 Å². The maximum absolute atomic E-state index is 10.8. The van der Waals surface area contributed by atoms with E-state index in [2.05, 4.69) is 28.8 Å². The molecule has 0 aromatic carbocycles. The highest BCUT2D eigenvalue weighted by Gasteiger charge is 2.18. The van der Waals surface area contributed by atoms with E-state index in [1.54, 1.807) is 6.07 Å². The third-order valence-electron chi connectivity index (χ3n) is 3.61. The number of hydrogen-bond acceptors (Lipinski definition) is 5. The van der Waals surface area contributed by atoms with Crippen LogP contribution in [0.15, 0.2) is 16.7 Å². The van der Waals surface area contributed by atoms with Crippen LogP contribution in [0.5, 0.6) is 0 Å². The van der Waals surface area contributed by atoms with Crippen molar-refractivity contribution in [1.82, 2.24) is 14.7 Å². The van der Waals surface area contributed by atoms with Gasteiger partial charge in [-0.15, -0.1) is 0 Å². The average molecular weight is 281 g/mol. The number of furan rings is 1. The number of nitrogens with zero attached hydrogens (tertiary/aromatic N) is 3. The Morgan fingerprint density at radius 2 is 1.95 bits per heavy atom. The first-order valence-electron chi connectivity index (χ1n) is 6.95. The second-order valence-corrected chi connectivity index (χ2v) is 5.53. The average Bonchev–Trinajstić information content (AvgIpc) is 2.86. The number of carboxylic acid groups (broad SMARTS) is 1. The number of rotatable bonds is 6. The van der Waals surface area contributed by atoms with Gasteiger partial charge in [0.2, 0.25) is 0 Å². The van der Waals surface area contributed by atoms with Crippen LogP contribution in [0.3, 0.4) is 0 Å². The number of hydrogen-bond donors (Lipinski definition) is 1. The Balaban J connectivity index is 1.75. The number of aromatic carboxylic acids is 1. The maximum Gasteiger partial charge on any atom is 0.338 e. The Morgan fingerprint density at radius 3 is 2.50 bits per heavy atom. The smallest absolute Gasteiger partial charge is 0.338 e. The van der Waals surface area contributed by atoms with Crippen LogP contribution in [0.25, 0.3) is 0 Å². The van der Waals surface area contributed by atoms with Crippen molar-refractivity contribution < 1.29 is 14.3 Å². The summed E-state index contributed by atoms with van der Waals surface area (Å²) in [6.07, 6.45) is 1.31. The Bertz CT molecular complexity index is 437. The molecular weight excluding hydrogens is 258 g/mol. The van der Waals surface area contributed by atoms with Crippen LogP contribution in [-0.4, -0.2) is 79.1 Å². The molecule has 1 saturated heterocycles. The second kappa shape index (κ2) is 6.88. The van der Waals surface area contributed by atoms with E-state index in [4.69, 9.17) is 9.52 Å². The summed E-state index contributed by atoms with van der Waals surface area (Å²) >= 11 is 0. The molecule has 6 nitrogen and oxygen atoms in total. The molecule has 0 radical (unpaired) electrons. The third kappa shape index (κ3) is 4.33. The molecule has 1 fully saturated rings. The quantitative estimate of drug-likeness (QED) is 0.826. The van der Waals surface area contributed by atoms with Gasteiger partial charge in [0.15, 0.2) is 0 Å². The zero-order valence-electron chi connectivity index (χ0n) is 12.2. The van der Waals surface area contributed by atoms with E-state index in [0.717, 1.165) is 45.0 Å². The zero-order valence-corrected chi connectivity index (χ0v) is 12.2. The summed E-state index contributed by atoms with van der Waals surface area (Å²) in [7, 11) is 4.18. The fourth-order valence-electron chi connectivity index (χ4n) is 2.31. The Morgan fingerprint density at radius 1 is 1.30 bits per heavy atom. The summed E-state index contributed by atoms with van der Waals surface area (Å²) in [5, 5.41) is 8.86.